The molecule has 0 aliphatic rings. The molecule has 0 amide bonds. The number of hydrogen-bond donors (Lipinski definition) is 0. The molecule has 0 bridgehead atoms. The standard InChI is InChI=1S/38Na.38H. The molecule has 0 N–H and O–H groups in total. The molecular formula is H38Na38. The van der Waals surface area contributed by atoms with Crippen LogP contribution in [0, 0.1) is 0 Å². The summed E-state index contributed by atoms with van der Waals surface area (Å²) in [6, 6.07) is 0. The molecule has 0 fully saturated rings. The van der Waals surface area contributed by atoms with E-state index < -0.39 is 0 Å². The van der Waals surface area contributed by atoms with Crippen LogP contribution >= 0.6 is 0 Å². The van der Waals surface area contributed by atoms with Crippen LogP contribution in [-0.2, 0) is 0 Å². The second-order valence-electron chi connectivity index (χ2n) is 0. The Morgan fingerprint density at radius 3 is 0.0263 bits per heavy atom. The van der Waals surface area contributed by atoms with E-state index in [1.807, 2.05) is 0 Å². The average molecular weight is 912 g/mol. The first kappa shape index (κ1) is 296. The van der Waals surface area contributed by atoms with E-state index in [0.29, 0.717) is 0 Å². The molecule has 0 rings (SSSR count). The summed E-state index contributed by atoms with van der Waals surface area (Å²) in [6.07, 6.45) is 0. The molecule has 38 heavy (non-hydrogen) atoms. The molecule has 0 aromatic rings. The predicted molar refractivity (Wildman–Crippen MR) is 272 cm³/mol. The summed E-state index contributed by atoms with van der Waals surface area (Å²) in [5.74, 6) is 0. The summed E-state index contributed by atoms with van der Waals surface area (Å²) >= 11 is 0. The Bertz CT molecular complexity index is 0. The van der Waals surface area contributed by atoms with Crippen LogP contribution in [0.4, 0.5) is 0 Å². The summed E-state index contributed by atoms with van der Waals surface area (Å²) in [7, 11) is 0. The van der Waals surface area contributed by atoms with E-state index in [1.165, 1.54) is 0 Å². The van der Waals surface area contributed by atoms with Gasteiger partial charge in [0.1, 0.15) is 0 Å². The van der Waals surface area contributed by atoms with E-state index in [1.54, 1.807) is 0 Å². The topological polar surface area (TPSA) is 0 Å². The van der Waals surface area contributed by atoms with Crippen molar-refractivity contribution in [3.05, 3.63) is 0 Å². The van der Waals surface area contributed by atoms with Gasteiger partial charge in [-0.3, -0.25) is 0 Å². The SMILES string of the molecule is [NaH].[NaH].[NaH].[NaH].[NaH].[NaH].[NaH].[NaH].[NaH].[NaH].[NaH].[NaH].[NaH].[NaH].[NaH].[NaH].[NaH].[NaH].[NaH].[NaH].[NaH].[NaH].[NaH].[NaH].[NaH].[NaH].[NaH].[NaH].[NaH].[NaH].[NaH].[NaH].[NaH].[NaH].[NaH].[NaH].[NaH].[NaH]. The van der Waals surface area contributed by atoms with Gasteiger partial charge in [-0.2, -0.15) is 0 Å². The van der Waals surface area contributed by atoms with Gasteiger partial charge in [-0.1, -0.05) is 0 Å². The van der Waals surface area contributed by atoms with Crippen LogP contribution in [0.1, 0.15) is 0 Å². The van der Waals surface area contributed by atoms with Crippen LogP contribution in [0.25, 0.3) is 0 Å². The molecule has 0 nitrogen and oxygen atoms in total. The third kappa shape index (κ3) is 273. The quantitative estimate of drug-likeness (QED) is 0.213. The Balaban J connectivity index is 0. The molecule has 0 aromatic heterocycles. The van der Waals surface area contributed by atoms with Crippen molar-refractivity contribution >= 4 is 1120 Å². The molecule has 38 heteroatoms. The van der Waals surface area contributed by atoms with Crippen LogP contribution in [0.5, 0.6) is 0 Å². The van der Waals surface area contributed by atoms with Crippen LogP contribution in [0.15, 0.2) is 0 Å². The van der Waals surface area contributed by atoms with Crippen molar-refractivity contribution in [3.8, 4) is 0 Å². The second kappa shape index (κ2) is 284. The van der Waals surface area contributed by atoms with E-state index in [9.17, 15) is 0 Å². The van der Waals surface area contributed by atoms with Gasteiger partial charge in [-0.25, -0.2) is 0 Å². The zero-order valence-corrected chi connectivity index (χ0v) is 0. The van der Waals surface area contributed by atoms with E-state index in [0.717, 1.165) is 0 Å². The van der Waals surface area contributed by atoms with Crippen LogP contribution < -0.4 is 0 Å². The molecule has 76 valence electrons. The Morgan fingerprint density at radius 2 is 0.0263 bits per heavy atom. The van der Waals surface area contributed by atoms with Gasteiger partial charge in [0.05, 0.1) is 0 Å². The zero-order chi connectivity index (χ0) is 0. The normalized spacial score (nSPS) is 0. The summed E-state index contributed by atoms with van der Waals surface area (Å²) < 4.78 is 0. The average Bonchev–Trinajstić information content (AvgIpc) is 0. The molecule has 0 atom stereocenters. The molecular weight excluding hydrogens is 874 g/mol. The predicted octanol–water partition coefficient (Wildman–Crippen LogP) is -24.6. The first-order chi connectivity index (χ1) is 0. The van der Waals surface area contributed by atoms with Crippen LogP contribution in [0.2, 0.25) is 0 Å². The third-order valence-electron chi connectivity index (χ3n) is 0. The fourth-order valence-corrected chi connectivity index (χ4v) is 0. The maximum absolute atomic E-state index is 0. The Labute approximate surface area is 1080 Å². The molecule has 0 saturated heterocycles. The third-order valence-corrected chi connectivity index (χ3v) is 0. The molecule has 0 radical (unpaired) electrons. The van der Waals surface area contributed by atoms with Crippen LogP contribution in [-0.4, -0.2) is 1120 Å². The summed E-state index contributed by atoms with van der Waals surface area (Å²) in [6.45, 7) is 0. The van der Waals surface area contributed by atoms with Gasteiger partial charge in [0, 0.05) is 0 Å². The van der Waals surface area contributed by atoms with Gasteiger partial charge < -0.3 is 0 Å². The molecule has 0 saturated carbocycles. The molecule has 0 heterocycles. The maximum atomic E-state index is 0. The van der Waals surface area contributed by atoms with E-state index in [4.69, 9.17) is 0 Å². The summed E-state index contributed by atoms with van der Waals surface area (Å²) in [5.41, 5.74) is 0. The Hall–Kier alpha value is 38.0. The van der Waals surface area contributed by atoms with Gasteiger partial charge in [0.15, 0.2) is 0 Å². The van der Waals surface area contributed by atoms with Crippen molar-refractivity contribution in [2.75, 3.05) is 0 Å². The van der Waals surface area contributed by atoms with Crippen molar-refractivity contribution < 1.29 is 0 Å². The van der Waals surface area contributed by atoms with E-state index in [2.05, 4.69) is 0 Å². The van der Waals surface area contributed by atoms with Crippen molar-refractivity contribution in [3.63, 3.8) is 0 Å². The Kier molecular flexibility index (Phi) is 2220. The zero-order valence-electron chi connectivity index (χ0n) is 0. The van der Waals surface area contributed by atoms with Crippen molar-refractivity contribution in [2.45, 2.75) is 0 Å². The minimum absolute atomic E-state index is 0. The second-order valence-corrected chi connectivity index (χ2v) is 0. The number of rotatable bonds is 0. The molecule has 0 unspecified atom stereocenters. The minimum atomic E-state index is 0. The first-order valence-electron chi connectivity index (χ1n) is 0. The number of hydrogen-bond acceptors (Lipinski definition) is 0. The van der Waals surface area contributed by atoms with Gasteiger partial charge in [0.25, 0.3) is 0 Å². The molecule has 0 aromatic carbocycles. The summed E-state index contributed by atoms with van der Waals surface area (Å²) in [5, 5.41) is 0. The van der Waals surface area contributed by atoms with Crippen molar-refractivity contribution in [2.24, 2.45) is 0 Å². The molecule has 0 aliphatic carbocycles. The molecule has 0 aliphatic heterocycles. The van der Waals surface area contributed by atoms with E-state index >= 15 is 0 Å². The fraction of sp³-hybridized carbons (Fsp3) is 0. The van der Waals surface area contributed by atoms with E-state index in [-0.39, 0.29) is 1120 Å². The van der Waals surface area contributed by atoms with Crippen molar-refractivity contribution in [1.82, 2.24) is 0 Å². The van der Waals surface area contributed by atoms with Gasteiger partial charge >= 0.3 is 1120 Å². The first-order valence-corrected chi connectivity index (χ1v) is 0. The fourth-order valence-electron chi connectivity index (χ4n) is 0. The van der Waals surface area contributed by atoms with Gasteiger partial charge in [-0.05, 0) is 0 Å². The Morgan fingerprint density at radius 1 is 0.0263 bits per heavy atom. The van der Waals surface area contributed by atoms with Gasteiger partial charge in [0.2, 0.25) is 0 Å². The monoisotopic (exact) mass is 912 g/mol. The summed E-state index contributed by atoms with van der Waals surface area (Å²) in [4.78, 5) is 0. The van der Waals surface area contributed by atoms with Crippen LogP contribution in [0.3, 0.4) is 0 Å². The van der Waals surface area contributed by atoms with Gasteiger partial charge in [-0.15, -0.1) is 0 Å². The molecule has 0 spiro atoms. The van der Waals surface area contributed by atoms with Crippen molar-refractivity contribution in [1.29, 1.82) is 0 Å².